The summed E-state index contributed by atoms with van der Waals surface area (Å²) in [7, 11) is 0.864. The van der Waals surface area contributed by atoms with Gasteiger partial charge in [-0.05, 0) is 87.9 Å². The predicted molar refractivity (Wildman–Crippen MR) is 315 cm³/mol. The Morgan fingerprint density at radius 1 is 0.602 bits per heavy atom. The first-order chi connectivity index (χ1) is 39.8. The van der Waals surface area contributed by atoms with E-state index in [9.17, 15) is 19.1 Å². The molecule has 8 atom stereocenters. The molecule has 2 saturated heterocycles. The number of hydrogen-bond donors (Lipinski definition) is 4. The molecule has 10 rings (SSSR count). The number of aliphatic hydroxyl groups is 2. The summed E-state index contributed by atoms with van der Waals surface area (Å²) in [5.41, 5.74) is 6.53. The number of aromatic nitrogens is 4. The first-order valence-electron chi connectivity index (χ1n) is 27.3. The maximum absolute atomic E-state index is 18.0. The predicted octanol–water partition coefficient (Wildman–Crippen LogP) is 9.71. The van der Waals surface area contributed by atoms with Crippen LogP contribution in [0.4, 0.5) is 20.4 Å². The molecule has 6 aromatic carbocycles. The normalized spacial score (nSPS) is 21.0. The highest BCUT2D eigenvalue weighted by Gasteiger charge is 2.54. The van der Waals surface area contributed by atoms with Crippen LogP contribution in [0.15, 0.2) is 204 Å². The highest BCUT2D eigenvalue weighted by Crippen LogP contribution is 2.47. The quantitative estimate of drug-likeness (QED) is 0.0467. The molecular formula is C64H70F2N6O10Si. The topological polar surface area (TPSA) is 204 Å². The Kier molecular flexibility index (Phi) is 18.2. The summed E-state index contributed by atoms with van der Waals surface area (Å²) in [4.78, 5) is 34.0. The zero-order chi connectivity index (χ0) is 59.1. The Morgan fingerprint density at radius 2 is 1.02 bits per heavy atom. The summed E-state index contributed by atoms with van der Waals surface area (Å²) in [6.07, 6.45) is -8.25. The fourth-order valence-corrected chi connectivity index (χ4v) is 11.3. The largest absolute Gasteiger partial charge is 0.497 e. The van der Waals surface area contributed by atoms with Crippen LogP contribution in [0.1, 0.15) is 66.6 Å². The Morgan fingerprint density at radius 3 is 1.47 bits per heavy atom. The number of halogens is 2. The summed E-state index contributed by atoms with van der Waals surface area (Å²) < 4.78 is 70.8. The molecule has 2 fully saturated rings. The molecule has 0 radical (unpaired) electrons. The zero-order valence-corrected chi connectivity index (χ0v) is 48.3. The second kappa shape index (κ2) is 25.3. The summed E-state index contributed by atoms with van der Waals surface area (Å²) >= 11 is 0. The molecule has 16 nitrogen and oxygen atoms in total. The molecule has 434 valence electrons. The summed E-state index contributed by atoms with van der Waals surface area (Å²) in [5.74, 6) is 1.67. The van der Waals surface area contributed by atoms with E-state index in [4.69, 9.17) is 39.0 Å². The van der Waals surface area contributed by atoms with Gasteiger partial charge in [0.05, 0.1) is 27.4 Å². The maximum Gasteiger partial charge on any atom is 0.351 e. The van der Waals surface area contributed by atoms with E-state index in [0.29, 0.717) is 11.5 Å². The molecule has 2 aliphatic heterocycles. The van der Waals surface area contributed by atoms with Crippen molar-refractivity contribution in [1.82, 2.24) is 19.1 Å². The molecule has 0 spiro atoms. The van der Waals surface area contributed by atoms with Gasteiger partial charge in [-0.25, -0.2) is 18.4 Å². The summed E-state index contributed by atoms with van der Waals surface area (Å²) in [6.45, 7) is 10.3. The molecule has 4 heterocycles. The number of nitrogens with zero attached hydrogens (tertiary/aromatic N) is 4. The van der Waals surface area contributed by atoms with E-state index in [-0.39, 0.29) is 23.3 Å². The van der Waals surface area contributed by atoms with E-state index in [1.54, 1.807) is 26.5 Å². The van der Waals surface area contributed by atoms with Gasteiger partial charge in [-0.2, -0.15) is 9.97 Å². The van der Waals surface area contributed by atoms with Gasteiger partial charge in [0.2, 0.25) is 0 Å². The van der Waals surface area contributed by atoms with Crippen LogP contribution in [0.3, 0.4) is 0 Å². The van der Waals surface area contributed by atoms with Gasteiger partial charge in [0.1, 0.15) is 58.7 Å². The molecule has 19 heteroatoms. The Labute approximate surface area is 482 Å². The van der Waals surface area contributed by atoms with E-state index in [1.165, 1.54) is 16.8 Å². The average molecular weight is 1150 g/mol. The van der Waals surface area contributed by atoms with Crippen LogP contribution >= 0.6 is 0 Å². The van der Waals surface area contributed by atoms with Crippen LogP contribution in [0.2, 0.25) is 18.1 Å². The number of rotatable bonds is 18. The number of ether oxygens (including phenoxy) is 5. The molecule has 0 amide bonds. The molecule has 0 bridgehead atoms. The highest BCUT2D eigenvalue weighted by atomic mass is 28.4. The van der Waals surface area contributed by atoms with Crippen molar-refractivity contribution in [3.8, 4) is 11.5 Å². The number of hydrogen-bond acceptors (Lipinski definition) is 14. The van der Waals surface area contributed by atoms with Gasteiger partial charge in [-0.15, -0.1) is 0 Å². The lowest BCUT2D eigenvalue weighted by atomic mass is 9.77. The lowest BCUT2D eigenvalue weighted by Crippen LogP contribution is -2.47. The van der Waals surface area contributed by atoms with E-state index in [2.05, 4.69) is 49.1 Å². The third kappa shape index (κ3) is 12.3. The minimum Gasteiger partial charge on any atom is -0.497 e. The van der Waals surface area contributed by atoms with E-state index in [1.807, 2.05) is 170 Å². The van der Waals surface area contributed by atoms with Crippen molar-refractivity contribution in [3.63, 3.8) is 0 Å². The average Bonchev–Trinajstić information content (AvgIpc) is 3.38. The number of nitrogens with one attached hydrogen (secondary N) is 1. The molecule has 83 heavy (non-hydrogen) atoms. The number of nitrogen functional groups attached to an aromatic ring is 1. The van der Waals surface area contributed by atoms with Crippen molar-refractivity contribution >= 4 is 20.0 Å². The van der Waals surface area contributed by atoms with Crippen molar-refractivity contribution in [2.24, 2.45) is 0 Å². The molecule has 0 aliphatic carbocycles. The highest BCUT2D eigenvalue weighted by molar-refractivity contribution is 6.74. The summed E-state index contributed by atoms with van der Waals surface area (Å²) in [5, 5.41) is 21.8. The second-order valence-corrected chi connectivity index (χ2v) is 26.7. The number of benzene rings is 6. The molecule has 2 aromatic heterocycles. The fourth-order valence-electron chi connectivity index (χ4n) is 10.3. The van der Waals surface area contributed by atoms with Gasteiger partial charge in [-0.1, -0.05) is 166 Å². The number of alkyl halides is 2. The SMILES string of the molecule is COc1ccc(C(Nc2ccn([C@@H]3O[C@H](CO[Si](C)(C)C(C)(C)C)[C@@H](OC(c4ccccc4)(c4ccccc4)c4ccc(OC)cc4)[C@@H]3F)c(=O)n2)(c2ccccc2)c2ccccc2)cc1.Nc1ccn([C@@H]2O[C@H](CO)[C@@H](O)[C@@H]2F)c(=O)n1. The van der Waals surface area contributed by atoms with Gasteiger partial charge in [0.25, 0.3) is 0 Å². The van der Waals surface area contributed by atoms with Crippen LogP contribution < -0.4 is 31.9 Å². The Balaban J connectivity index is 0.000000416. The molecule has 8 aromatic rings. The second-order valence-electron chi connectivity index (χ2n) is 21.9. The standard InChI is InChI=1S/C55H58FN3O6Si.C9H12FN3O4/c1-53(2,3)66(6,7)63-38-47-50(65-55(42-24-16-10-17-25-42,43-26-18-11-19-27-43)44-30-34-46(62-5)35-31-44)49(56)51(64-47)59-37-36-48(57-52(59)60)58-54(39-20-12-8-13-21-39,40-22-14-9-15-23-40)41-28-32-45(61-4)33-29-41;10-6-7(15)4(3-14)17-8(6)13-2-1-5(11)12-9(13)16/h8-37,47,49-51H,38H2,1-7H3,(H,57,58,60);1-2,4,6-8,14-15H,3H2,(H2,11,12,16)/t47-,49+,50-,51-;4-,6+,7-,8-/m11/s1. The van der Waals surface area contributed by atoms with Gasteiger partial charge in [0, 0.05) is 12.4 Å². The molecule has 0 saturated carbocycles. The van der Waals surface area contributed by atoms with Crippen LogP contribution in [-0.4, -0.2) is 102 Å². The van der Waals surface area contributed by atoms with Crippen LogP contribution in [0, 0.1) is 0 Å². The van der Waals surface area contributed by atoms with Crippen LogP contribution in [0.5, 0.6) is 11.5 Å². The van der Waals surface area contributed by atoms with E-state index >= 15 is 4.39 Å². The van der Waals surface area contributed by atoms with Crippen LogP contribution in [0.25, 0.3) is 0 Å². The molecule has 2 aliphatic rings. The van der Waals surface area contributed by atoms with E-state index in [0.717, 1.165) is 37.9 Å². The van der Waals surface area contributed by atoms with E-state index < -0.39 is 86.7 Å². The first kappa shape index (κ1) is 59.7. The minimum atomic E-state index is -2.39. The van der Waals surface area contributed by atoms with Gasteiger partial charge >= 0.3 is 11.4 Å². The third-order valence-corrected chi connectivity index (χ3v) is 20.3. The smallest absolute Gasteiger partial charge is 0.351 e. The van der Waals surface area contributed by atoms with Crippen molar-refractivity contribution in [1.29, 1.82) is 0 Å². The lowest BCUT2D eigenvalue weighted by Gasteiger charge is -2.40. The number of aliphatic hydroxyl groups excluding tert-OH is 2. The molecular weight excluding hydrogens is 1080 g/mol. The monoisotopic (exact) mass is 1150 g/mol. The van der Waals surface area contributed by atoms with Gasteiger partial charge in [-0.3, -0.25) is 9.13 Å². The lowest BCUT2D eigenvalue weighted by molar-refractivity contribution is -0.103. The number of methoxy groups -OCH3 is 2. The Bertz CT molecular complexity index is 3430. The van der Waals surface area contributed by atoms with Gasteiger partial charge < -0.3 is 49.4 Å². The molecule has 5 N–H and O–H groups in total. The van der Waals surface area contributed by atoms with Crippen molar-refractivity contribution in [3.05, 3.63) is 249 Å². The van der Waals surface area contributed by atoms with Crippen LogP contribution in [-0.2, 0) is 29.8 Å². The van der Waals surface area contributed by atoms with Crippen molar-refractivity contribution < 1.29 is 47.1 Å². The fraction of sp³-hybridized carbons (Fsp3) is 0.312. The Hall–Kier alpha value is -7.88. The molecule has 0 unspecified atom stereocenters. The maximum atomic E-state index is 18.0. The van der Waals surface area contributed by atoms with Crippen molar-refractivity contribution in [2.75, 3.05) is 38.5 Å². The van der Waals surface area contributed by atoms with Gasteiger partial charge in [0.15, 0.2) is 33.1 Å². The van der Waals surface area contributed by atoms with Crippen molar-refractivity contribution in [2.45, 2.75) is 99.3 Å². The number of anilines is 2. The number of nitrogens with two attached hydrogens (primary N) is 1. The minimum absolute atomic E-state index is 0.0129. The first-order valence-corrected chi connectivity index (χ1v) is 30.2. The summed E-state index contributed by atoms with van der Waals surface area (Å²) in [6, 6.07) is 58.0. The zero-order valence-electron chi connectivity index (χ0n) is 47.3. The third-order valence-electron chi connectivity index (χ3n) is 15.8.